The minimum Gasteiger partial charge on any atom is -0.495 e. The van der Waals surface area contributed by atoms with Gasteiger partial charge in [-0.25, -0.2) is 4.79 Å². The molecular formula is C13H11BrO4. The number of carboxylic acid groups (broad SMARTS) is 1. The van der Waals surface area contributed by atoms with Crippen LogP contribution in [0.1, 0.15) is 10.4 Å². The molecular weight excluding hydrogens is 300 g/mol. The Bertz CT molecular complexity index is 622. The Balaban J connectivity index is 3.00. The molecule has 0 atom stereocenters. The van der Waals surface area contributed by atoms with Crippen molar-refractivity contribution in [1.82, 2.24) is 0 Å². The first-order chi connectivity index (χ1) is 8.61. The maximum atomic E-state index is 11.4. The highest BCUT2D eigenvalue weighted by atomic mass is 79.9. The number of aromatic carboxylic acids is 1. The highest BCUT2D eigenvalue weighted by Crippen LogP contribution is 2.43. The van der Waals surface area contributed by atoms with Crippen LogP contribution in [-0.4, -0.2) is 25.3 Å². The first kappa shape index (κ1) is 12.7. The second-order valence-electron chi connectivity index (χ2n) is 3.61. The monoisotopic (exact) mass is 310 g/mol. The highest BCUT2D eigenvalue weighted by molar-refractivity contribution is 9.10. The average molecular weight is 311 g/mol. The van der Waals surface area contributed by atoms with Crippen molar-refractivity contribution >= 4 is 32.7 Å². The van der Waals surface area contributed by atoms with Gasteiger partial charge in [0.1, 0.15) is 11.3 Å². The molecule has 0 amide bonds. The van der Waals surface area contributed by atoms with E-state index < -0.39 is 5.97 Å². The van der Waals surface area contributed by atoms with E-state index in [1.165, 1.54) is 14.2 Å². The molecule has 0 aliphatic heterocycles. The van der Waals surface area contributed by atoms with Gasteiger partial charge in [0.25, 0.3) is 0 Å². The zero-order valence-electron chi connectivity index (χ0n) is 9.86. The van der Waals surface area contributed by atoms with E-state index in [1.54, 1.807) is 0 Å². The number of rotatable bonds is 3. The largest absolute Gasteiger partial charge is 0.495 e. The van der Waals surface area contributed by atoms with Crippen molar-refractivity contribution < 1.29 is 19.4 Å². The molecule has 0 saturated carbocycles. The molecule has 4 nitrogen and oxygen atoms in total. The first-order valence-corrected chi connectivity index (χ1v) is 5.96. The van der Waals surface area contributed by atoms with Gasteiger partial charge in [-0.15, -0.1) is 0 Å². The van der Waals surface area contributed by atoms with Gasteiger partial charge in [-0.05, 0) is 15.9 Å². The van der Waals surface area contributed by atoms with Gasteiger partial charge in [-0.2, -0.15) is 0 Å². The summed E-state index contributed by atoms with van der Waals surface area (Å²) in [4.78, 5) is 11.4. The lowest BCUT2D eigenvalue weighted by atomic mass is 10.0. The Morgan fingerprint density at radius 1 is 1.11 bits per heavy atom. The third kappa shape index (κ3) is 1.80. The molecule has 2 aromatic rings. The van der Waals surface area contributed by atoms with E-state index in [1.807, 2.05) is 24.3 Å². The number of carboxylic acids is 1. The Morgan fingerprint density at radius 3 is 2.17 bits per heavy atom. The summed E-state index contributed by atoms with van der Waals surface area (Å²) < 4.78 is 11.0. The number of ether oxygens (including phenoxy) is 2. The van der Waals surface area contributed by atoms with Crippen LogP contribution in [0.5, 0.6) is 11.5 Å². The van der Waals surface area contributed by atoms with Crippen LogP contribution in [0.2, 0.25) is 0 Å². The van der Waals surface area contributed by atoms with Crippen LogP contribution in [0.4, 0.5) is 0 Å². The molecule has 5 heteroatoms. The van der Waals surface area contributed by atoms with Gasteiger partial charge in [0.15, 0.2) is 5.75 Å². The number of methoxy groups -OCH3 is 2. The van der Waals surface area contributed by atoms with E-state index >= 15 is 0 Å². The molecule has 18 heavy (non-hydrogen) atoms. The number of fused-ring (bicyclic) bond motifs is 1. The van der Waals surface area contributed by atoms with E-state index in [9.17, 15) is 9.90 Å². The van der Waals surface area contributed by atoms with E-state index in [4.69, 9.17) is 9.47 Å². The van der Waals surface area contributed by atoms with Gasteiger partial charge in [-0.3, -0.25) is 0 Å². The van der Waals surface area contributed by atoms with Crippen molar-refractivity contribution in [1.29, 1.82) is 0 Å². The van der Waals surface area contributed by atoms with Gasteiger partial charge in [0.2, 0.25) is 0 Å². The Morgan fingerprint density at radius 2 is 1.67 bits per heavy atom. The summed E-state index contributed by atoms with van der Waals surface area (Å²) in [7, 11) is 2.88. The van der Waals surface area contributed by atoms with Crippen LogP contribution in [0.3, 0.4) is 0 Å². The zero-order chi connectivity index (χ0) is 13.3. The SMILES string of the molecule is COc1c(C(=O)O)c(OC)c2ccccc2c1Br. The standard InChI is InChI=1S/C13H11BrO4/c1-17-11-8-6-4-3-5-7(8)10(14)12(18-2)9(11)13(15)16/h3-6H,1-2H3,(H,15,16). The molecule has 0 aromatic heterocycles. The third-order valence-electron chi connectivity index (χ3n) is 2.68. The van der Waals surface area contributed by atoms with Gasteiger partial charge in [0, 0.05) is 10.8 Å². The fourth-order valence-electron chi connectivity index (χ4n) is 1.94. The molecule has 0 radical (unpaired) electrons. The molecule has 0 spiro atoms. The molecule has 1 N–H and O–H groups in total. The van der Waals surface area contributed by atoms with E-state index in [-0.39, 0.29) is 11.3 Å². The van der Waals surface area contributed by atoms with Gasteiger partial charge in [-0.1, -0.05) is 24.3 Å². The van der Waals surface area contributed by atoms with Gasteiger partial charge in [0.05, 0.1) is 18.7 Å². The first-order valence-electron chi connectivity index (χ1n) is 5.17. The summed E-state index contributed by atoms with van der Waals surface area (Å²) >= 11 is 3.38. The van der Waals surface area contributed by atoms with Crippen molar-refractivity contribution in [2.75, 3.05) is 14.2 Å². The fourth-order valence-corrected chi connectivity index (χ4v) is 2.65. The Kier molecular flexibility index (Phi) is 3.43. The lowest BCUT2D eigenvalue weighted by Crippen LogP contribution is -2.05. The van der Waals surface area contributed by atoms with Crippen LogP contribution in [0.25, 0.3) is 10.8 Å². The summed E-state index contributed by atoms with van der Waals surface area (Å²) in [6.45, 7) is 0. The maximum absolute atomic E-state index is 11.4. The molecule has 0 unspecified atom stereocenters. The average Bonchev–Trinajstić information content (AvgIpc) is 2.38. The van der Waals surface area contributed by atoms with Crippen molar-refractivity contribution in [3.63, 3.8) is 0 Å². The zero-order valence-corrected chi connectivity index (χ0v) is 11.4. The summed E-state index contributed by atoms with van der Waals surface area (Å²) in [6, 6.07) is 7.38. The van der Waals surface area contributed by atoms with E-state index in [2.05, 4.69) is 15.9 Å². The quantitative estimate of drug-likeness (QED) is 0.945. The number of benzene rings is 2. The van der Waals surface area contributed by atoms with Crippen LogP contribution in [0, 0.1) is 0 Å². The molecule has 0 aliphatic rings. The minimum absolute atomic E-state index is 0.0191. The number of hydrogen-bond donors (Lipinski definition) is 1. The van der Waals surface area contributed by atoms with Crippen LogP contribution in [-0.2, 0) is 0 Å². The molecule has 2 rings (SSSR count). The Hall–Kier alpha value is -1.75. The normalized spacial score (nSPS) is 10.4. The van der Waals surface area contributed by atoms with E-state index in [0.717, 1.165) is 10.8 Å². The second-order valence-corrected chi connectivity index (χ2v) is 4.40. The lowest BCUT2D eigenvalue weighted by molar-refractivity contribution is 0.0690. The minimum atomic E-state index is -1.09. The molecule has 2 aromatic carbocycles. The summed E-state index contributed by atoms with van der Waals surface area (Å²) in [6.07, 6.45) is 0. The lowest BCUT2D eigenvalue weighted by Gasteiger charge is -2.15. The molecule has 0 bridgehead atoms. The Labute approximate surface area is 112 Å². The number of hydrogen-bond acceptors (Lipinski definition) is 3. The van der Waals surface area contributed by atoms with Crippen LogP contribution >= 0.6 is 15.9 Å². The van der Waals surface area contributed by atoms with Crippen LogP contribution in [0.15, 0.2) is 28.7 Å². The van der Waals surface area contributed by atoms with Crippen molar-refractivity contribution in [2.24, 2.45) is 0 Å². The van der Waals surface area contributed by atoms with Crippen molar-refractivity contribution in [3.8, 4) is 11.5 Å². The predicted molar refractivity (Wildman–Crippen MR) is 71.7 cm³/mol. The van der Waals surface area contributed by atoms with Gasteiger partial charge < -0.3 is 14.6 Å². The summed E-state index contributed by atoms with van der Waals surface area (Å²) in [5, 5.41) is 10.9. The molecule has 0 fully saturated rings. The van der Waals surface area contributed by atoms with Crippen LogP contribution < -0.4 is 9.47 Å². The predicted octanol–water partition coefficient (Wildman–Crippen LogP) is 3.32. The molecule has 0 aliphatic carbocycles. The van der Waals surface area contributed by atoms with Crippen molar-refractivity contribution in [3.05, 3.63) is 34.3 Å². The maximum Gasteiger partial charge on any atom is 0.343 e. The second kappa shape index (κ2) is 4.86. The third-order valence-corrected chi connectivity index (χ3v) is 3.47. The fraction of sp³-hybridized carbons (Fsp3) is 0.154. The highest BCUT2D eigenvalue weighted by Gasteiger charge is 2.24. The molecule has 94 valence electrons. The number of halogens is 1. The smallest absolute Gasteiger partial charge is 0.343 e. The van der Waals surface area contributed by atoms with E-state index in [0.29, 0.717) is 10.2 Å². The van der Waals surface area contributed by atoms with Gasteiger partial charge >= 0.3 is 5.97 Å². The molecule has 0 heterocycles. The topological polar surface area (TPSA) is 55.8 Å². The van der Waals surface area contributed by atoms with Crippen molar-refractivity contribution in [2.45, 2.75) is 0 Å². The molecule has 0 saturated heterocycles. The number of carbonyl (C=O) groups is 1. The summed E-state index contributed by atoms with van der Waals surface area (Å²) in [5.74, 6) is -0.522. The summed E-state index contributed by atoms with van der Waals surface area (Å²) in [5.41, 5.74) is 0.0191.